The minimum absolute atomic E-state index is 0.115. The molecule has 11 heteroatoms. The molecule has 0 aliphatic heterocycles. The molecule has 1 amide bonds. The van der Waals surface area contributed by atoms with Crippen LogP contribution in [0.3, 0.4) is 0 Å². The van der Waals surface area contributed by atoms with Gasteiger partial charge in [0.1, 0.15) is 12.3 Å². The number of carbonyl (C=O) groups is 2. The number of amides is 1. The van der Waals surface area contributed by atoms with Crippen molar-refractivity contribution in [3.8, 4) is 5.88 Å². The van der Waals surface area contributed by atoms with E-state index in [0.29, 0.717) is 4.73 Å². The van der Waals surface area contributed by atoms with Crippen molar-refractivity contribution in [1.82, 2.24) is 0 Å². The van der Waals surface area contributed by atoms with Crippen LogP contribution in [-0.2, 0) is 6.61 Å². The number of carbonyl (C=O) groups excluding carboxylic acids is 1. The van der Waals surface area contributed by atoms with Gasteiger partial charge in [0.25, 0.3) is 5.91 Å². The van der Waals surface area contributed by atoms with E-state index in [1.807, 2.05) is 30.3 Å². The molecule has 0 unspecified atom stereocenters. The smallest absolute Gasteiger partial charge is 0.417 e. The van der Waals surface area contributed by atoms with Crippen molar-refractivity contribution in [2.24, 2.45) is 0 Å². The quantitative estimate of drug-likeness (QED) is 0.182. The van der Waals surface area contributed by atoms with Crippen LogP contribution < -0.4 is 14.8 Å². The van der Waals surface area contributed by atoms with E-state index in [9.17, 15) is 19.9 Å². The maximum absolute atomic E-state index is 12.7. The largest absolute Gasteiger partial charge is 0.478 e. The molecule has 0 radical (unpaired) electrons. The number of anilines is 1. The van der Waals surface area contributed by atoms with Gasteiger partial charge in [0.15, 0.2) is 0 Å². The number of nitrogens with one attached hydrogen (secondary N) is 1. The molecule has 1 heterocycles. The van der Waals surface area contributed by atoms with Gasteiger partial charge in [-0.15, -0.1) is 0 Å². The second-order valence-electron chi connectivity index (χ2n) is 6.14. The molecule has 0 saturated carbocycles. The molecule has 2 aromatic carbocycles. The highest BCUT2D eigenvalue weighted by molar-refractivity contribution is 6.54. The highest BCUT2D eigenvalue weighted by Gasteiger charge is 2.29. The van der Waals surface area contributed by atoms with E-state index in [4.69, 9.17) is 51.1 Å². The Kier molecular flexibility index (Phi) is 7.12. The molecule has 1 aromatic heterocycles. The number of rotatable bonds is 6. The Hall–Kier alpha value is -2.71. The third-order valence-corrected chi connectivity index (χ3v) is 5.89. The number of aromatic carboxylic acids is 1. The summed E-state index contributed by atoms with van der Waals surface area (Å²) < 4.78 is 6.20. The third kappa shape index (κ3) is 4.97. The predicted molar refractivity (Wildman–Crippen MR) is 116 cm³/mol. The van der Waals surface area contributed by atoms with Crippen LogP contribution in [0.25, 0.3) is 0 Å². The fourth-order valence-electron chi connectivity index (χ4n) is 2.63. The highest BCUT2D eigenvalue weighted by Crippen LogP contribution is 2.41. The van der Waals surface area contributed by atoms with Gasteiger partial charge in [-0.3, -0.25) is 10.0 Å². The second-order valence-corrected chi connectivity index (χ2v) is 7.65. The zero-order chi connectivity index (χ0) is 22.7. The summed E-state index contributed by atoms with van der Waals surface area (Å²) in [5.74, 6) is -2.32. The van der Waals surface area contributed by atoms with Gasteiger partial charge in [-0.2, -0.15) is 0 Å². The van der Waals surface area contributed by atoms with Gasteiger partial charge in [-0.25, -0.2) is 4.79 Å². The maximum atomic E-state index is 12.7. The molecule has 0 bridgehead atoms. The lowest BCUT2D eigenvalue weighted by Gasteiger charge is -2.13. The molecule has 0 saturated heterocycles. The van der Waals surface area contributed by atoms with Gasteiger partial charge in [-0.1, -0.05) is 76.7 Å². The zero-order valence-corrected chi connectivity index (χ0v) is 18.4. The molecule has 31 heavy (non-hydrogen) atoms. The molecular formula is C20H13Cl4N2O5+. The van der Waals surface area contributed by atoms with Crippen LogP contribution in [0.15, 0.2) is 48.7 Å². The summed E-state index contributed by atoms with van der Waals surface area (Å²) in [6.07, 6.45) is 1.16. The molecule has 0 aliphatic rings. The number of pyridine rings is 1. The van der Waals surface area contributed by atoms with E-state index in [1.54, 1.807) is 0 Å². The summed E-state index contributed by atoms with van der Waals surface area (Å²) in [6.45, 7) is 0.215. The molecule has 3 aromatic rings. The van der Waals surface area contributed by atoms with E-state index in [-0.39, 0.29) is 33.2 Å². The molecule has 3 N–H and O–H groups in total. The number of carboxylic acids is 1. The Morgan fingerprint density at radius 2 is 1.52 bits per heavy atom. The normalized spacial score (nSPS) is 10.6. The van der Waals surface area contributed by atoms with Gasteiger partial charge >= 0.3 is 11.8 Å². The van der Waals surface area contributed by atoms with Crippen molar-refractivity contribution < 1.29 is 29.4 Å². The van der Waals surface area contributed by atoms with Crippen LogP contribution in [-0.4, -0.2) is 22.2 Å². The Morgan fingerprint density at radius 1 is 0.903 bits per heavy atom. The van der Waals surface area contributed by atoms with Crippen molar-refractivity contribution >= 4 is 64.0 Å². The fraction of sp³-hybridized carbons (Fsp3) is 0.0500. The van der Waals surface area contributed by atoms with Crippen molar-refractivity contribution in [3.05, 3.63) is 85.4 Å². The average Bonchev–Trinajstić information content (AvgIpc) is 2.74. The Bertz CT molecular complexity index is 1170. The zero-order valence-electron chi connectivity index (χ0n) is 15.4. The first kappa shape index (κ1) is 23.0. The van der Waals surface area contributed by atoms with Crippen LogP contribution in [0, 0.1) is 0 Å². The summed E-state index contributed by atoms with van der Waals surface area (Å²) in [5.41, 5.74) is -0.0536. The van der Waals surface area contributed by atoms with Crippen molar-refractivity contribution in [3.63, 3.8) is 0 Å². The summed E-state index contributed by atoms with van der Waals surface area (Å²) in [6, 6.07) is 12.2. The van der Waals surface area contributed by atoms with E-state index < -0.39 is 28.0 Å². The molecule has 0 atom stereocenters. The standard InChI is InChI=1S/C20H12Cl4N2O5/c21-15-13(14(20(28)29)16(22)18(24)17(15)23)19(27)25-11-6-7-12(26(30)8-11)31-9-10-4-2-1-3-5-10/h1-8H,9H2,(H2-,25,27,28,29,30)/p+1. The topological polar surface area (TPSA) is 99.7 Å². The van der Waals surface area contributed by atoms with Gasteiger partial charge in [0, 0.05) is 4.73 Å². The second kappa shape index (κ2) is 9.62. The molecule has 0 spiro atoms. The number of benzene rings is 2. The minimum atomic E-state index is -1.52. The molecule has 0 aliphatic carbocycles. The number of nitrogens with zero attached hydrogens (tertiary/aromatic N) is 1. The van der Waals surface area contributed by atoms with Gasteiger partial charge in [-0.05, 0) is 11.6 Å². The van der Waals surface area contributed by atoms with E-state index in [0.717, 1.165) is 11.8 Å². The minimum Gasteiger partial charge on any atom is -0.478 e. The lowest BCUT2D eigenvalue weighted by atomic mass is 10.1. The van der Waals surface area contributed by atoms with E-state index >= 15 is 0 Å². The first-order valence-corrected chi connectivity index (χ1v) is 10.0. The Morgan fingerprint density at radius 3 is 2.10 bits per heavy atom. The van der Waals surface area contributed by atoms with Crippen LogP contribution in [0.5, 0.6) is 5.88 Å². The first-order chi connectivity index (χ1) is 14.7. The van der Waals surface area contributed by atoms with Crippen LogP contribution >= 0.6 is 46.4 Å². The van der Waals surface area contributed by atoms with Crippen LogP contribution in [0.2, 0.25) is 20.1 Å². The van der Waals surface area contributed by atoms with Crippen LogP contribution in [0.1, 0.15) is 26.3 Å². The van der Waals surface area contributed by atoms with Gasteiger partial charge < -0.3 is 15.2 Å². The van der Waals surface area contributed by atoms with Crippen molar-refractivity contribution in [2.45, 2.75) is 6.61 Å². The molecule has 160 valence electrons. The number of hydrogen-bond donors (Lipinski definition) is 3. The fourth-order valence-corrected chi connectivity index (χ4v) is 3.65. The molecule has 7 nitrogen and oxygen atoms in total. The third-order valence-electron chi connectivity index (χ3n) is 4.09. The van der Waals surface area contributed by atoms with Crippen molar-refractivity contribution in [1.29, 1.82) is 0 Å². The van der Waals surface area contributed by atoms with E-state index in [1.165, 1.54) is 12.1 Å². The maximum Gasteiger partial charge on any atom is 0.417 e. The Labute approximate surface area is 196 Å². The monoisotopic (exact) mass is 501 g/mol. The number of hydrogen-bond acceptors (Lipinski definition) is 4. The average molecular weight is 503 g/mol. The SMILES string of the molecule is O=C(O)c1c(Cl)c(Cl)c(Cl)c(Cl)c1C(=O)Nc1ccc(OCc2ccccc2)[n+](O)c1. The lowest BCUT2D eigenvalue weighted by molar-refractivity contribution is -0.906. The first-order valence-electron chi connectivity index (χ1n) is 8.53. The van der Waals surface area contributed by atoms with Crippen molar-refractivity contribution in [2.75, 3.05) is 5.32 Å². The number of ether oxygens (including phenoxy) is 1. The predicted octanol–water partition coefficient (Wildman–Crippen LogP) is 5.35. The van der Waals surface area contributed by atoms with E-state index in [2.05, 4.69) is 5.32 Å². The molecule has 0 fully saturated rings. The summed E-state index contributed by atoms with van der Waals surface area (Å²) in [7, 11) is 0. The van der Waals surface area contributed by atoms with Gasteiger partial charge in [0.05, 0.1) is 37.3 Å². The summed E-state index contributed by atoms with van der Waals surface area (Å²) in [5, 5.41) is 20.7. The highest BCUT2D eigenvalue weighted by atomic mass is 35.5. The molecule has 3 rings (SSSR count). The molecular weight excluding hydrogens is 490 g/mol. The number of halogens is 4. The number of aromatic nitrogens is 1. The summed E-state index contributed by atoms with van der Waals surface area (Å²) >= 11 is 23.9. The number of carboxylic acid groups (broad SMARTS) is 1. The van der Waals surface area contributed by atoms with Crippen LogP contribution in [0.4, 0.5) is 5.69 Å². The Balaban J connectivity index is 1.84. The summed E-state index contributed by atoms with van der Waals surface area (Å²) in [4.78, 5) is 24.4. The lowest BCUT2D eigenvalue weighted by Crippen LogP contribution is -2.33. The van der Waals surface area contributed by atoms with Gasteiger partial charge in [0.2, 0.25) is 6.20 Å².